The molecule has 1 rings (SSSR count). The summed E-state index contributed by atoms with van der Waals surface area (Å²) in [5, 5.41) is 3.54. The van der Waals surface area contributed by atoms with Gasteiger partial charge in [0, 0.05) is 35.4 Å². The molecule has 1 aliphatic carbocycles. The van der Waals surface area contributed by atoms with Gasteiger partial charge in [-0.15, -0.1) is 0 Å². The summed E-state index contributed by atoms with van der Waals surface area (Å²) in [6.07, 6.45) is 7.15. The Balaban J connectivity index is 2.21. The number of hydrogen-bond donors (Lipinski definition) is 1. The van der Waals surface area contributed by atoms with Crippen molar-refractivity contribution in [1.82, 2.24) is 5.32 Å². The molecule has 1 saturated carbocycles. The van der Waals surface area contributed by atoms with Crippen LogP contribution in [0.1, 0.15) is 39.5 Å². The summed E-state index contributed by atoms with van der Waals surface area (Å²) in [6, 6.07) is 0.676. The molecule has 0 amide bonds. The summed E-state index contributed by atoms with van der Waals surface area (Å²) in [5.74, 6) is 2.50. The Kier molecular flexibility index (Phi) is 5.83. The Hall–Kier alpha value is 0.110. The van der Waals surface area contributed by atoms with Crippen molar-refractivity contribution in [2.45, 2.75) is 45.6 Å². The highest BCUT2D eigenvalue weighted by Gasteiger charge is 2.23. The standard InChI is InChI=1S/C12H25NOS/c1-10(2)11-5-4-6-12(9-11)13-7-8-15(3)14/h10-13H,4-9H2,1-3H3. The number of hydrogen-bond acceptors (Lipinski definition) is 2. The molecule has 1 fully saturated rings. The largest absolute Gasteiger partial charge is 0.313 e. The molecule has 15 heavy (non-hydrogen) atoms. The van der Waals surface area contributed by atoms with Crippen molar-refractivity contribution < 1.29 is 4.21 Å². The minimum atomic E-state index is -0.650. The maximum absolute atomic E-state index is 10.9. The second-order valence-corrected chi connectivity index (χ2v) is 6.65. The summed E-state index contributed by atoms with van der Waals surface area (Å²) in [7, 11) is -0.650. The lowest BCUT2D eigenvalue weighted by Gasteiger charge is -2.32. The molecule has 3 unspecified atom stereocenters. The van der Waals surface area contributed by atoms with Crippen LogP contribution in [0.4, 0.5) is 0 Å². The van der Waals surface area contributed by atoms with Crippen LogP contribution in [0.25, 0.3) is 0 Å². The van der Waals surface area contributed by atoms with Gasteiger partial charge in [0.2, 0.25) is 0 Å². The van der Waals surface area contributed by atoms with E-state index in [-0.39, 0.29) is 0 Å². The third-order valence-corrected chi connectivity index (χ3v) is 4.26. The molecule has 0 bridgehead atoms. The van der Waals surface area contributed by atoms with Crippen LogP contribution < -0.4 is 5.32 Å². The molecule has 0 aromatic carbocycles. The van der Waals surface area contributed by atoms with Gasteiger partial charge >= 0.3 is 0 Å². The summed E-state index contributed by atoms with van der Waals surface area (Å²) in [6.45, 7) is 5.57. The van der Waals surface area contributed by atoms with Gasteiger partial charge in [0.15, 0.2) is 0 Å². The molecular formula is C12H25NOS. The minimum absolute atomic E-state index is 0.650. The van der Waals surface area contributed by atoms with E-state index in [2.05, 4.69) is 19.2 Å². The third-order valence-electron chi connectivity index (χ3n) is 3.48. The molecule has 0 aromatic rings. The zero-order valence-electron chi connectivity index (χ0n) is 10.3. The van der Waals surface area contributed by atoms with Crippen LogP contribution in [0, 0.1) is 11.8 Å². The minimum Gasteiger partial charge on any atom is -0.313 e. The molecule has 0 aliphatic heterocycles. The molecule has 0 aromatic heterocycles. The quantitative estimate of drug-likeness (QED) is 0.785. The van der Waals surface area contributed by atoms with E-state index >= 15 is 0 Å². The van der Waals surface area contributed by atoms with Crippen LogP contribution in [-0.2, 0) is 10.8 Å². The van der Waals surface area contributed by atoms with Crippen LogP contribution in [0.2, 0.25) is 0 Å². The van der Waals surface area contributed by atoms with Crippen LogP contribution in [0.15, 0.2) is 0 Å². The van der Waals surface area contributed by atoms with Gasteiger partial charge in [0.1, 0.15) is 0 Å². The van der Waals surface area contributed by atoms with Gasteiger partial charge in [-0.05, 0) is 24.7 Å². The molecule has 3 atom stereocenters. The fraction of sp³-hybridized carbons (Fsp3) is 1.00. The first-order valence-electron chi connectivity index (χ1n) is 6.13. The smallest absolute Gasteiger partial charge is 0.0357 e. The zero-order valence-corrected chi connectivity index (χ0v) is 11.1. The Morgan fingerprint density at radius 1 is 1.40 bits per heavy atom. The van der Waals surface area contributed by atoms with E-state index in [9.17, 15) is 4.21 Å². The van der Waals surface area contributed by atoms with Crippen LogP contribution in [-0.4, -0.2) is 28.8 Å². The maximum Gasteiger partial charge on any atom is 0.0357 e. The van der Waals surface area contributed by atoms with Gasteiger partial charge in [-0.25, -0.2) is 0 Å². The SMILES string of the molecule is CC(C)C1CCCC(NCCS(C)=O)C1. The summed E-state index contributed by atoms with van der Waals surface area (Å²) in [5.41, 5.74) is 0. The van der Waals surface area contributed by atoms with Crippen molar-refractivity contribution in [3.63, 3.8) is 0 Å². The van der Waals surface area contributed by atoms with Crippen molar-refractivity contribution in [2.75, 3.05) is 18.6 Å². The molecular weight excluding hydrogens is 206 g/mol. The second-order valence-electron chi connectivity index (χ2n) is 5.10. The second kappa shape index (κ2) is 6.64. The first kappa shape index (κ1) is 13.2. The maximum atomic E-state index is 10.9. The Morgan fingerprint density at radius 3 is 2.73 bits per heavy atom. The molecule has 90 valence electrons. The molecule has 2 nitrogen and oxygen atoms in total. The molecule has 0 radical (unpaired) electrons. The highest BCUT2D eigenvalue weighted by Crippen LogP contribution is 2.29. The molecule has 1 aliphatic rings. The van der Waals surface area contributed by atoms with Crippen molar-refractivity contribution >= 4 is 10.8 Å². The number of rotatable bonds is 5. The average Bonchev–Trinajstić information content (AvgIpc) is 2.17. The lowest BCUT2D eigenvalue weighted by Crippen LogP contribution is -2.37. The highest BCUT2D eigenvalue weighted by molar-refractivity contribution is 7.84. The van der Waals surface area contributed by atoms with Crippen molar-refractivity contribution in [2.24, 2.45) is 11.8 Å². The normalized spacial score (nSPS) is 29.3. The van der Waals surface area contributed by atoms with Gasteiger partial charge in [0.25, 0.3) is 0 Å². The predicted molar refractivity (Wildman–Crippen MR) is 67.5 cm³/mol. The monoisotopic (exact) mass is 231 g/mol. The summed E-state index contributed by atoms with van der Waals surface area (Å²) < 4.78 is 10.9. The fourth-order valence-electron chi connectivity index (χ4n) is 2.43. The molecule has 0 saturated heterocycles. The van der Waals surface area contributed by atoms with E-state index in [0.717, 1.165) is 24.1 Å². The van der Waals surface area contributed by atoms with Gasteiger partial charge in [-0.3, -0.25) is 4.21 Å². The lowest BCUT2D eigenvalue weighted by atomic mass is 9.79. The zero-order chi connectivity index (χ0) is 11.3. The fourth-order valence-corrected chi connectivity index (χ4v) is 2.83. The van der Waals surface area contributed by atoms with Crippen molar-refractivity contribution in [3.05, 3.63) is 0 Å². The van der Waals surface area contributed by atoms with E-state index in [1.807, 2.05) is 0 Å². The van der Waals surface area contributed by atoms with E-state index in [1.165, 1.54) is 25.7 Å². The summed E-state index contributed by atoms with van der Waals surface area (Å²) in [4.78, 5) is 0. The lowest BCUT2D eigenvalue weighted by molar-refractivity contribution is 0.234. The van der Waals surface area contributed by atoms with Crippen LogP contribution >= 0.6 is 0 Å². The van der Waals surface area contributed by atoms with Gasteiger partial charge in [-0.2, -0.15) is 0 Å². The van der Waals surface area contributed by atoms with Gasteiger partial charge in [0.05, 0.1) is 0 Å². The van der Waals surface area contributed by atoms with Gasteiger partial charge < -0.3 is 5.32 Å². The topological polar surface area (TPSA) is 29.1 Å². The van der Waals surface area contributed by atoms with Crippen molar-refractivity contribution in [3.8, 4) is 0 Å². The molecule has 3 heteroatoms. The van der Waals surface area contributed by atoms with Crippen LogP contribution in [0.3, 0.4) is 0 Å². The first-order chi connectivity index (χ1) is 7.09. The van der Waals surface area contributed by atoms with E-state index in [4.69, 9.17) is 0 Å². The number of nitrogens with one attached hydrogen (secondary N) is 1. The van der Waals surface area contributed by atoms with E-state index < -0.39 is 10.8 Å². The molecule has 0 spiro atoms. The Morgan fingerprint density at radius 2 is 2.13 bits per heavy atom. The predicted octanol–water partition coefficient (Wildman–Crippen LogP) is 2.17. The Labute approximate surface area is 96.7 Å². The van der Waals surface area contributed by atoms with Crippen LogP contribution in [0.5, 0.6) is 0 Å². The van der Waals surface area contributed by atoms with E-state index in [1.54, 1.807) is 6.26 Å². The molecule has 1 N–H and O–H groups in total. The highest BCUT2D eigenvalue weighted by atomic mass is 32.2. The molecule has 0 heterocycles. The average molecular weight is 231 g/mol. The third kappa shape index (κ3) is 5.12. The van der Waals surface area contributed by atoms with E-state index in [0.29, 0.717) is 6.04 Å². The first-order valence-corrected chi connectivity index (χ1v) is 7.85. The van der Waals surface area contributed by atoms with Crippen molar-refractivity contribution in [1.29, 1.82) is 0 Å². The summed E-state index contributed by atoms with van der Waals surface area (Å²) >= 11 is 0. The van der Waals surface area contributed by atoms with Gasteiger partial charge in [-0.1, -0.05) is 26.7 Å². The Bertz CT molecular complexity index is 206.